The van der Waals surface area contributed by atoms with Crippen molar-refractivity contribution in [2.24, 2.45) is 0 Å². The van der Waals surface area contributed by atoms with Crippen LogP contribution in [-0.2, 0) is 4.84 Å². The molecule has 4 nitrogen and oxygen atoms in total. The van der Waals surface area contributed by atoms with Gasteiger partial charge in [0.15, 0.2) is 0 Å². The zero-order chi connectivity index (χ0) is 13.9. The van der Waals surface area contributed by atoms with E-state index < -0.39 is 18.0 Å². The molecular formula is C10H9BrF3NO3. The summed E-state index contributed by atoms with van der Waals surface area (Å²) in [5.74, 6) is -1.34. The number of benzene rings is 1. The van der Waals surface area contributed by atoms with Crippen molar-refractivity contribution in [3.63, 3.8) is 0 Å². The molecule has 0 heterocycles. The summed E-state index contributed by atoms with van der Waals surface area (Å²) in [7, 11) is 2.50. The van der Waals surface area contributed by atoms with E-state index in [0.717, 1.165) is 11.1 Å². The number of carbonyl (C=O) groups excluding carboxylic acids is 1. The standard InChI is InChI=1S/C10H9BrF3NO3/c1-15(17-2)9(16)7-4-3-6(11)5-8(7)18-10(12,13)14/h3-5H,1-2H3. The Balaban J connectivity index is 3.15. The van der Waals surface area contributed by atoms with Crippen molar-refractivity contribution in [1.82, 2.24) is 5.06 Å². The van der Waals surface area contributed by atoms with Gasteiger partial charge in [-0.25, -0.2) is 5.06 Å². The van der Waals surface area contributed by atoms with E-state index in [1.54, 1.807) is 0 Å². The van der Waals surface area contributed by atoms with E-state index in [1.165, 1.54) is 26.3 Å². The van der Waals surface area contributed by atoms with Crippen molar-refractivity contribution in [1.29, 1.82) is 0 Å². The Morgan fingerprint density at radius 1 is 1.39 bits per heavy atom. The largest absolute Gasteiger partial charge is 0.573 e. The van der Waals surface area contributed by atoms with E-state index >= 15 is 0 Å². The van der Waals surface area contributed by atoms with Gasteiger partial charge in [0.25, 0.3) is 5.91 Å². The van der Waals surface area contributed by atoms with Gasteiger partial charge in [0.1, 0.15) is 5.75 Å². The second kappa shape index (κ2) is 5.57. The van der Waals surface area contributed by atoms with E-state index in [-0.39, 0.29) is 5.56 Å². The number of halogens is 4. The molecule has 0 aliphatic heterocycles. The number of hydrogen-bond donors (Lipinski definition) is 0. The van der Waals surface area contributed by atoms with Crippen molar-refractivity contribution in [3.8, 4) is 5.75 Å². The minimum atomic E-state index is -4.87. The fraction of sp³-hybridized carbons (Fsp3) is 0.300. The van der Waals surface area contributed by atoms with Crippen molar-refractivity contribution < 1.29 is 27.5 Å². The first-order chi connectivity index (χ1) is 8.24. The van der Waals surface area contributed by atoms with Crippen LogP contribution in [0.15, 0.2) is 22.7 Å². The third-order valence-corrected chi connectivity index (χ3v) is 2.45. The monoisotopic (exact) mass is 327 g/mol. The maximum absolute atomic E-state index is 12.2. The molecule has 0 spiro atoms. The Kier molecular flexibility index (Phi) is 4.58. The van der Waals surface area contributed by atoms with E-state index in [2.05, 4.69) is 25.5 Å². The van der Waals surface area contributed by atoms with Crippen LogP contribution >= 0.6 is 15.9 Å². The van der Waals surface area contributed by atoms with Crippen molar-refractivity contribution in [2.45, 2.75) is 6.36 Å². The van der Waals surface area contributed by atoms with Crippen LogP contribution in [0.5, 0.6) is 5.75 Å². The molecule has 0 radical (unpaired) electrons. The first-order valence-corrected chi connectivity index (χ1v) is 5.41. The van der Waals surface area contributed by atoms with Gasteiger partial charge in [-0.3, -0.25) is 9.63 Å². The fourth-order valence-corrected chi connectivity index (χ4v) is 1.47. The highest BCUT2D eigenvalue weighted by molar-refractivity contribution is 9.10. The molecule has 8 heteroatoms. The number of alkyl halides is 3. The molecule has 0 aromatic heterocycles. The molecule has 1 aromatic rings. The van der Waals surface area contributed by atoms with Gasteiger partial charge >= 0.3 is 6.36 Å². The molecule has 0 N–H and O–H groups in total. The number of rotatable bonds is 3. The molecule has 0 bridgehead atoms. The number of nitrogens with zero attached hydrogens (tertiary/aromatic N) is 1. The number of hydrogen-bond acceptors (Lipinski definition) is 3. The van der Waals surface area contributed by atoms with Gasteiger partial charge in [0.05, 0.1) is 12.7 Å². The first kappa shape index (κ1) is 14.8. The average Bonchev–Trinajstić information content (AvgIpc) is 2.25. The highest BCUT2D eigenvalue weighted by Gasteiger charge is 2.33. The predicted molar refractivity (Wildman–Crippen MR) is 59.9 cm³/mol. The summed E-state index contributed by atoms with van der Waals surface area (Å²) >= 11 is 3.00. The molecule has 1 amide bonds. The van der Waals surface area contributed by atoms with Crippen molar-refractivity contribution in [3.05, 3.63) is 28.2 Å². The Labute approximate surface area is 109 Å². The molecule has 1 rings (SSSR count). The second-order valence-electron chi connectivity index (χ2n) is 3.17. The lowest BCUT2D eigenvalue weighted by Gasteiger charge is -2.17. The molecule has 18 heavy (non-hydrogen) atoms. The first-order valence-electron chi connectivity index (χ1n) is 4.62. The summed E-state index contributed by atoms with van der Waals surface area (Å²) in [5, 5.41) is 0.798. The number of hydroxylamine groups is 2. The summed E-state index contributed by atoms with van der Waals surface area (Å²) < 4.78 is 40.8. The highest BCUT2D eigenvalue weighted by atomic mass is 79.9. The number of amides is 1. The molecular weight excluding hydrogens is 319 g/mol. The normalized spacial score (nSPS) is 11.2. The Bertz CT molecular complexity index is 450. The predicted octanol–water partition coefficient (Wildman–Crippen LogP) is 2.98. The molecule has 0 atom stereocenters. The van der Waals surface area contributed by atoms with E-state index in [4.69, 9.17) is 0 Å². The summed E-state index contributed by atoms with van der Waals surface area (Å²) in [6.07, 6.45) is -4.87. The van der Waals surface area contributed by atoms with Gasteiger partial charge in [-0.15, -0.1) is 13.2 Å². The molecule has 0 saturated carbocycles. The van der Waals surface area contributed by atoms with Crippen LogP contribution in [0.25, 0.3) is 0 Å². The zero-order valence-corrected chi connectivity index (χ0v) is 11.0. The Hall–Kier alpha value is -1.28. The Morgan fingerprint density at radius 2 is 2.00 bits per heavy atom. The molecule has 0 saturated heterocycles. The Morgan fingerprint density at radius 3 is 2.50 bits per heavy atom. The molecule has 0 unspecified atom stereocenters. The number of carbonyl (C=O) groups is 1. The molecule has 0 fully saturated rings. The maximum Gasteiger partial charge on any atom is 0.573 e. The SMILES string of the molecule is CON(C)C(=O)c1ccc(Br)cc1OC(F)(F)F. The highest BCUT2D eigenvalue weighted by Crippen LogP contribution is 2.30. The lowest BCUT2D eigenvalue weighted by Crippen LogP contribution is -2.27. The quantitative estimate of drug-likeness (QED) is 0.801. The second-order valence-corrected chi connectivity index (χ2v) is 4.09. The van der Waals surface area contributed by atoms with E-state index in [1.807, 2.05) is 0 Å². The van der Waals surface area contributed by atoms with Crippen LogP contribution in [0.2, 0.25) is 0 Å². The summed E-state index contributed by atoms with van der Waals surface area (Å²) in [6, 6.07) is 3.70. The topological polar surface area (TPSA) is 38.8 Å². The van der Waals surface area contributed by atoms with Crippen LogP contribution in [0.3, 0.4) is 0 Å². The zero-order valence-electron chi connectivity index (χ0n) is 9.42. The lowest BCUT2D eigenvalue weighted by atomic mass is 10.2. The van der Waals surface area contributed by atoms with E-state index in [0.29, 0.717) is 4.47 Å². The van der Waals surface area contributed by atoms with Gasteiger partial charge in [0, 0.05) is 11.5 Å². The van der Waals surface area contributed by atoms with Crippen molar-refractivity contribution in [2.75, 3.05) is 14.2 Å². The van der Waals surface area contributed by atoms with Gasteiger partial charge in [-0.1, -0.05) is 15.9 Å². The molecule has 100 valence electrons. The smallest absolute Gasteiger partial charge is 0.405 e. The van der Waals surface area contributed by atoms with Gasteiger partial charge < -0.3 is 4.74 Å². The minimum absolute atomic E-state index is 0.250. The molecule has 1 aromatic carbocycles. The average molecular weight is 328 g/mol. The maximum atomic E-state index is 12.2. The van der Waals surface area contributed by atoms with Gasteiger partial charge in [-0.05, 0) is 18.2 Å². The number of ether oxygens (including phenoxy) is 1. The summed E-state index contributed by atoms with van der Waals surface area (Å²) in [6.45, 7) is 0. The molecule has 0 aliphatic rings. The minimum Gasteiger partial charge on any atom is -0.405 e. The van der Waals surface area contributed by atoms with Crippen LogP contribution < -0.4 is 4.74 Å². The van der Waals surface area contributed by atoms with Crippen LogP contribution in [0.1, 0.15) is 10.4 Å². The fourth-order valence-electron chi connectivity index (χ4n) is 1.13. The van der Waals surface area contributed by atoms with Crippen LogP contribution in [-0.4, -0.2) is 31.5 Å². The van der Waals surface area contributed by atoms with Gasteiger partial charge in [-0.2, -0.15) is 0 Å². The van der Waals surface area contributed by atoms with Crippen LogP contribution in [0.4, 0.5) is 13.2 Å². The third-order valence-electron chi connectivity index (χ3n) is 1.96. The summed E-state index contributed by atoms with van der Waals surface area (Å²) in [5.41, 5.74) is -0.250. The van der Waals surface area contributed by atoms with Crippen LogP contribution in [0, 0.1) is 0 Å². The molecule has 0 aliphatic carbocycles. The lowest BCUT2D eigenvalue weighted by molar-refractivity contribution is -0.274. The summed E-state index contributed by atoms with van der Waals surface area (Å²) in [4.78, 5) is 16.3. The third kappa shape index (κ3) is 3.88. The van der Waals surface area contributed by atoms with Crippen molar-refractivity contribution >= 4 is 21.8 Å². The van der Waals surface area contributed by atoms with Gasteiger partial charge in [0.2, 0.25) is 0 Å². The van der Waals surface area contributed by atoms with E-state index in [9.17, 15) is 18.0 Å².